The molecular weight excluding hydrogens is 308 g/mol. The number of rotatable bonds is 16. The Kier molecular flexibility index (Phi) is 14.8. The molecule has 1 aliphatic rings. The van der Waals surface area contributed by atoms with E-state index in [4.69, 9.17) is 4.74 Å². The first-order chi connectivity index (χ1) is 12.3. The monoisotopic (exact) mass is 350 g/mol. The Morgan fingerprint density at radius 2 is 1.32 bits per heavy atom. The molecule has 0 bridgehead atoms. The molecule has 0 atom stereocenters. The second-order valence-corrected chi connectivity index (χ2v) is 7.73. The highest BCUT2D eigenvalue weighted by atomic mass is 16.5. The van der Waals surface area contributed by atoms with Crippen LogP contribution in [0, 0.1) is 0 Å². The lowest BCUT2D eigenvalue weighted by Gasteiger charge is -2.10. The van der Waals surface area contributed by atoms with Crippen molar-refractivity contribution in [3.05, 3.63) is 12.2 Å². The van der Waals surface area contributed by atoms with Gasteiger partial charge in [0.15, 0.2) is 0 Å². The van der Waals surface area contributed by atoms with E-state index >= 15 is 0 Å². The van der Waals surface area contributed by atoms with Gasteiger partial charge in [-0.25, -0.2) is 0 Å². The lowest BCUT2D eigenvalue weighted by molar-refractivity contribution is -0.148. The molecule has 2 nitrogen and oxygen atoms in total. The first-order valence-corrected chi connectivity index (χ1v) is 11.2. The van der Waals surface area contributed by atoms with Crippen molar-refractivity contribution in [2.45, 2.75) is 129 Å². The molecule has 1 saturated carbocycles. The van der Waals surface area contributed by atoms with Crippen molar-refractivity contribution in [1.29, 1.82) is 0 Å². The van der Waals surface area contributed by atoms with Crippen LogP contribution >= 0.6 is 0 Å². The molecule has 0 aromatic carbocycles. The second kappa shape index (κ2) is 16.7. The molecule has 0 saturated heterocycles. The smallest absolute Gasteiger partial charge is 0.306 e. The topological polar surface area (TPSA) is 26.3 Å². The van der Waals surface area contributed by atoms with Crippen molar-refractivity contribution >= 4 is 5.97 Å². The third-order valence-electron chi connectivity index (χ3n) is 5.24. The third-order valence-corrected chi connectivity index (χ3v) is 5.24. The fraction of sp³-hybridized carbons (Fsp3) is 0.870. The van der Waals surface area contributed by atoms with E-state index in [-0.39, 0.29) is 12.1 Å². The summed E-state index contributed by atoms with van der Waals surface area (Å²) in [5.41, 5.74) is 0. The van der Waals surface area contributed by atoms with Gasteiger partial charge in [-0.05, 0) is 57.8 Å². The van der Waals surface area contributed by atoms with Crippen LogP contribution in [0.4, 0.5) is 0 Å². The van der Waals surface area contributed by atoms with Crippen molar-refractivity contribution in [1.82, 2.24) is 0 Å². The summed E-state index contributed by atoms with van der Waals surface area (Å²) in [6.45, 7) is 2.27. The van der Waals surface area contributed by atoms with Gasteiger partial charge in [-0.2, -0.15) is 0 Å². The lowest BCUT2D eigenvalue weighted by atomic mass is 10.1. The normalized spacial score (nSPS) is 15.2. The van der Waals surface area contributed by atoms with E-state index < -0.39 is 0 Å². The van der Waals surface area contributed by atoms with Crippen LogP contribution in [0.5, 0.6) is 0 Å². The van der Waals surface area contributed by atoms with Crippen LogP contribution in [0.15, 0.2) is 12.2 Å². The molecule has 0 aromatic heterocycles. The highest BCUT2D eigenvalue weighted by Crippen LogP contribution is 2.21. The predicted molar refractivity (Wildman–Crippen MR) is 108 cm³/mol. The maximum Gasteiger partial charge on any atom is 0.306 e. The number of ether oxygens (including phenoxy) is 1. The fourth-order valence-electron chi connectivity index (χ4n) is 3.59. The van der Waals surface area contributed by atoms with Crippen molar-refractivity contribution in [2.24, 2.45) is 0 Å². The van der Waals surface area contributed by atoms with Crippen LogP contribution in [0.3, 0.4) is 0 Å². The minimum atomic E-state index is 0.0320. The molecule has 0 spiro atoms. The standard InChI is InChI=1S/C23H42O2/c1-2-3-4-5-6-7-8-9-10-11-12-13-14-15-16-21-23(24)25-22-19-17-18-20-22/h9-10,22H,2-8,11-21H2,1H3. The van der Waals surface area contributed by atoms with Crippen LogP contribution in [-0.4, -0.2) is 12.1 Å². The molecular formula is C23H42O2. The summed E-state index contributed by atoms with van der Waals surface area (Å²) in [7, 11) is 0. The third kappa shape index (κ3) is 14.1. The van der Waals surface area contributed by atoms with Crippen LogP contribution < -0.4 is 0 Å². The molecule has 0 unspecified atom stereocenters. The number of carbonyl (C=O) groups is 1. The molecule has 2 heteroatoms. The Hall–Kier alpha value is -0.790. The summed E-state index contributed by atoms with van der Waals surface area (Å²) in [6.07, 6.45) is 27.0. The van der Waals surface area contributed by atoms with E-state index in [2.05, 4.69) is 19.1 Å². The molecule has 25 heavy (non-hydrogen) atoms. The number of hydrogen-bond donors (Lipinski definition) is 0. The van der Waals surface area contributed by atoms with Gasteiger partial charge in [-0.3, -0.25) is 4.79 Å². The van der Waals surface area contributed by atoms with Crippen LogP contribution in [-0.2, 0) is 9.53 Å². The van der Waals surface area contributed by atoms with Gasteiger partial charge in [0.2, 0.25) is 0 Å². The summed E-state index contributed by atoms with van der Waals surface area (Å²) < 4.78 is 5.48. The first-order valence-electron chi connectivity index (χ1n) is 11.2. The van der Waals surface area contributed by atoms with Gasteiger partial charge in [-0.15, -0.1) is 0 Å². The maximum absolute atomic E-state index is 11.7. The number of hydrogen-bond acceptors (Lipinski definition) is 2. The van der Waals surface area contributed by atoms with Gasteiger partial charge < -0.3 is 4.74 Å². The minimum Gasteiger partial charge on any atom is -0.462 e. The molecule has 0 amide bonds. The van der Waals surface area contributed by atoms with Crippen LogP contribution in [0.25, 0.3) is 0 Å². The fourth-order valence-corrected chi connectivity index (χ4v) is 3.59. The Morgan fingerprint density at radius 3 is 1.92 bits per heavy atom. The lowest BCUT2D eigenvalue weighted by Crippen LogP contribution is -2.14. The summed E-state index contributed by atoms with van der Waals surface area (Å²) in [6, 6.07) is 0. The van der Waals surface area contributed by atoms with Gasteiger partial charge in [0, 0.05) is 6.42 Å². The van der Waals surface area contributed by atoms with E-state index in [0.717, 1.165) is 19.3 Å². The van der Waals surface area contributed by atoms with Gasteiger partial charge in [-0.1, -0.05) is 70.4 Å². The van der Waals surface area contributed by atoms with Crippen molar-refractivity contribution < 1.29 is 9.53 Å². The zero-order chi connectivity index (χ0) is 18.0. The van der Waals surface area contributed by atoms with E-state index in [1.165, 1.54) is 89.9 Å². The van der Waals surface area contributed by atoms with E-state index in [9.17, 15) is 4.79 Å². The zero-order valence-corrected chi connectivity index (χ0v) is 16.8. The van der Waals surface area contributed by atoms with Crippen LogP contribution in [0.2, 0.25) is 0 Å². The summed E-state index contributed by atoms with van der Waals surface area (Å²) in [5.74, 6) is 0.0320. The Labute approximate surface area is 156 Å². The number of allylic oxidation sites excluding steroid dienone is 2. The average Bonchev–Trinajstić information content (AvgIpc) is 3.11. The molecule has 1 aliphatic carbocycles. The van der Waals surface area contributed by atoms with E-state index in [1.54, 1.807) is 0 Å². The second-order valence-electron chi connectivity index (χ2n) is 7.73. The molecule has 146 valence electrons. The Morgan fingerprint density at radius 1 is 0.800 bits per heavy atom. The highest BCUT2D eigenvalue weighted by Gasteiger charge is 2.18. The number of unbranched alkanes of at least 4 members (excludes halogenated alkanes) is 11. The number of esters is 1. The Balaban J connectivity index is 1.76. The van der Waals surface area contributed by atoms with Crippen molar-refractivity contribution in [2.75, 3.05) is 0 Å². The van der Waals surface area contributed by atoms with E-state index in [1.807, 2.05) is 0 Å². The van der Waals surface area contributed by atoms with Crippen molar-refractivity contribution in [3.8, 4) is 0 Å². The predicted octanol–water partition coefficient (Wildman–Crippen LogP) is 7.51. The van der Waals surface area contributed by atoms with Gasteiger partial charge in [0.25, 0.3) is 0 Å². The highest BCUT2D eigenvalue weighted by molar-refractivity contribution is 5.69. The summed E-state index contributed by atoms with van der Waals surface area (Å²) in [5, 5.41) is 0. The molecule has 0 aliphatic heterocycles. The quantitative estimate of drug-likeness (QED) is 0.163. The van der Waals surface area contributed by atoms with Gasteiger partial charge in [0.05, 0.1) is 0 Å². The first kappa shape index (κ1) is 22.3. The van der Waals surface area contributed by atoms with Gasteiger partial charge in [0.1, 0.15) is 6.10 Å². The molecule has 1 rings (SSSR count). The SMILES string of the molecule is CCCCCCCCC=CCCCCCCCC(=O)OC1CCCC1. The van der Waals surface area contributed by atoms with Crippen molar-refractivity contribution in [3.63, 3.8) is 0 Å². The number of carbonyl (C=O) groups excluding carboxylic acids is 1. The molecule has 0 N–H and O–H groups in total. The average molecular weight is 351 g/mol. The molecule has 0 aromatic rings. The maximum atomic E-state index is 11.7. The van der Waals surface area contributed by atoms with Gasteiger partial charge >= 0.3 is 5.97 Å². The molecule has 0 heterocycles. The minimum absolute atomic E-state index is 0.0320. The summed E-state index contributed by atoms with van der Waals surface area (Å²) >= 11 is 0. The van der Waals surface area contributed by atoms with Crippen LogP contribution in [0.1, 0.15) is 122 Å². The largest absolute Gasteiger partial charge is 0.462 e. The van der Waals surface area contributed by atoms with E-state index in [0.29, 0.717) is 6.42 Å². The summed E-state index contributed by atoms with van der Waals surface area (Å²) in [4.78, 5) is 11.7. The zero-order valence-electron chi connectivity index (χ0n) is 16.8. The molecule has 1 fully saturated rings. The Bertz CT molecular complexity index is 329. The molecule has 0 radical (unpaired) electrons.